The van der Waals surface area contributed by atoms with Crippen LogP contribution >= 0.6 is 0 Å². The summed E-state index contributed by atoms with van der Waals surface area (Å²) in [6.07, 6.45) is 1.72. The fraction of sp³-hybridized carbons (Fsp3) is 0.105. The van der Waals surface area contributed by atoms with Crippen LogP contribution in [0.2, 0.25) is 0 Å². The minimum Gasteiger partial charge on any atom is -0.484 e. The van der Waals surface area contributed by atoms with Crippen molar-refractivity contribution in [2.75, 3.05) is 19.0 Å². The molecule has 0 aliphatic rings. The van der Waals surface area contributed by atoms with Crippen LogP contribution in [0.15, 0.2) is 60.8 Å². The van der Waals surface area contributed by atoms with Crippen molar-refractivity contribution in [3.8, 4) is 5.75 Å². The first-order chi connectivity index (χ1) is 12.2. The zero-order valence-corrected chi connectivity index (χ0v) is 13.6. The van der Waals surface area contributed by atoms with Crippen molar-refractivity contribution in [3.63, 3.8) is 0 Å². The van der Waals surface area contributed by atoms with E-state index < -0.39 is 5.97 Å². The summed E-state index contributed by atoms with van der Waals surface area (Å²) in [6, 6.07) is 15.8. The molecule has 0 spiro atoms. The Balaban J connectivity index is 1.66. The number of fused-ring (bicyclic) bond motifs is 1. The summed E-state index contributed by atoms with van der Waals surface area (Å²) in [5, 5.41) is 3.58. The smallest absolute Gasteiger partial charge is 0.339 e. The summed E-state index contributed by atoms with van der Waals surface area (Å²) in [4.78, 5) is 28.0. The number of nitrogens with one attached hydrogen (secondary N) is 1. The van der Waals surface area contributed by atoms with E-state index in [1.54, 1.807) is 36.5 Å². The van der Waals surface area contributed by atoms with Crippen LogP contribution in [0.5, 0.6) is 5.75 Å². The average molecular weight is 336 g/mol. The molecule has 0 saturated carbocycles. The molecular weight excluding hydrogens is 320 g/mol. The van der Waals surface area contributed by atoms with Gasteiger partial charge in [-0.1, -0.05) is 18.2 Å². The number of carbonyl (C=O) groups excluding carboxylic acids is 2. The van der Waals surface area contributed by atoms with Gasteiger partial charge in [0.25, 0.3) is 5.91 Å². The van der Waals surface area contributed by atoms with Crippen molar-refractivity contribution in [1.29, 1.82) is 0 Å². The molecule has 1 N–H and O–H groups in total. The molecule has 6 heteroatoms. The average Bonchev–Trinajstić information content (AvgIpc) is 2.66. The molecule has 126 valence electrons. The molecule has 1 aromatic heterocycles. The fourth-order valence-electron chi connectivity index (χ4n) is 2.36. The predicted molar refractivity (Wildman–Crippen MR) is 93.6 cm³/mol. The van der Waals surface area contributed by atoms with Crippen LogP contribution in [-0.4, -0.2) is 30.6 Å². The number of ether oxygens (including phenoxy) is 2. The Kier molecular flexibility index (Phi) is 4.89. The third-order valence-electron chi connectivity index (χ3n) is 3.55. The number of pyridine rings is 1. The third-order valence-corrected chi connectivity index (χ3v) is 3.55. The fourth-order valence-corrected chi connectivity index (χ4v) is 2.36. The van der Waals surface area contributed by atoms with Crippen molar-refractivity contribution < 1.29 is 19.1 Å². The summed E-state index contributed by atoms with van der Waals surface area (Å²) in [6.45, 7) is -0.179. The molecule has 0 unspecified atom stereocenters. The first kappa shape index (κ1) is 16.4. The van der Waals surface area contributed by atoms with Gasteiger partial charge in [0.1, 0.15) is 5.75 Å². The van der Waals surface area contributed by atoms with Gasteiger partial charge in [0, 0.05) is 11.6 Å². The van der Waals surface area contributed by atoms with Crippen molar-refractivity contribution >= 4 is 28.5 Å². The Bertz CT molecular complexity index is 924. The number of amides is 1. The molecule has 0 atom stereocenters. The Hall–Kier alpha value is -3.41. The molecule has 0 fully saturated rings. The Morgan fingerprint density at radius 1 is 1.08 bits per heavy atom. The number of rotatable bonds is 5. The number of hydrogen-bond acceptors (Lipinski definition) is 5. The van der Waals surface area contributed by atoms with Crippen molar-refractivity contribution in [1.82, 2.24) is 4.98 Å². The maximum Gasteiger partial charge on any atom is 0.339 e. The van der Waals surface area contributed by atoms with Gasteiger partial charge in [0.2, 0.25) is 0 Å². The highest BCUT2D eigenvalue weighted by atomic mass is 16.5. The van der Waals surface area contributed by atoms with E-state index in [0.29, 0.717) is 11.4 Å². The topological polar surface area (TPSA) is 77.5 Å². The number of nitrogens with zero attached hydrogens (tertiary/aromatic N) is 1. The van der Waals surface area contributed by atoms with Crippen LogP contribution in [0, 0.1) is 0 Å². The number of para-hydroxylation sites is 1. The van der Waals surface area contributed by atoms with E-state index in [0.717, 1.165) is 10.9 Å². The molecule has 6 nitrogen and oxygen atoms in total. The van der Waals surface area contributed by atoms with E-state index in [1.165, 1.54) is 7.11 Å². The molecule has 1 heterocycles. The number of esters is 1. The van der Waals surface area contributed by atoms with Crippen LogP contribution in [-0.2, 0) is 9.53 Å². The van der Waals surface area contributed by atoms with Gasteiger partial charge in [0.05, 0.1) is 23.9 Å². The Morgan fingerprint density at radius 2 is 1.92 bits per heavy atom. The lowest BCUT2D eigenvalue weighted by molar-refractivity contribution is -0.118. The number of carbonyl (C=O) groups is 2. The SMILES string of the molecule is COC(=O)c1ccccc1NC(=O)COc1ccc2ncccc2c1. The minimum atomic E-state index is -0.515. The zero-order chi connectivity index (χ0) is 17.6. The van der Waals surface area contributed by atoms with Crippen LogP contribution in [0.3, 0.4) is 0 Å². The molecule has 25 heavy (non-hydrogen) atoms. The summed E-state index contributed by atoms with van der Waals surface area (Å²) >= 11 is 0. The second kappa shape index (κ2) is 7.44. The molecule has 1 amide bonds. The summed E-state index contributed by atoms with van der Waals surface area (Å²) < 4.78 is 10.2. The molecule has 0 radical (unpaired) electrons. The van der Waals surface area contributed by atoms with E-state index in [1.807, 2.05) is 24.3 Å². The minimum absolute atomic E-state index is 0.179. The Morgan fingerprint density at radius 3 is 2.76 bits per heavy atom. The maximum atomic E-state index is 12.1. The quantitative estimate of drug-likeness (QED) is 0.725. The highest BCUT2D eigenvalue weighted by Crippen LogP contribution is 2.19. The van der Waals surface area contributed by atoms with Crippen molar-refractivity contribution in [2.24, 2.45) is 0 Å². The van der Waals surface area contributed by atoms with E-state index in [-0.39, 0.29) is 18.1 Å². The lowest BCUT2D eigenvalue weighted by atomic mass is 10.2. The van der Waals surface area contributed by atoms with Gasteiger partial charge < -0.3 is 14.8 Å². The highest BCUT2D eigenvalue weighted by molar-refractivity contribution is 6.01. The monoisotopic (exact) mass is 336 g/mol. The number of anilines is 1. The predicted octanol–water partition coefficient (Wildman–Crippen LogP) is 3.04. The first-order valence-electron chi connectivity index (χ1n) is 7.62. The molecule has 2 aromatic carbocycles. The Labute approximate surface area is 144 Å². The largest absolute Gasteiger partial charge is 0.484 e. The van der Waals surface area contributed by atoms with Crippen LogP contribution in [0.25, 0.3) is 10.9 Å². The van der Waals surface area contributed by atoms with Gasteiger partial charge in [-0.15, -0.1) is 0 Å². The molecule has 0 bridgehead atoms. The lowest BCUT2D eigenvalue weighted by Crippen LogP contribution is -2.21. The molecular formula is C19H16N2O4. The van der Waals surface area contributed by atoms with E-state index >= 15 is 0 Å². The van der Waals surface area contributed by atoms with Crippen LogP contribution < -0.4 is 10.1 Å². The van der Waals surface area contributed by atoms with Gasteiger partial charge in [0.15, 0.2) is 6.61 Å². The normalized spacial score (nSPS) is 10.3. The third kappa shape index (κ3) is 3.92. The summed E-state index contributed by atoms with van der Waals surface area (Å²) in [5.41, 5.74) is 1.52. The highest BCUT2D eigenvalue weighted by Gasteiger charge is 2.13. The second-order valence-electron chi connectivity index (χ2n) is 5.23. The number of methoxy groups -OCH3 is 1. The van der Waals surface area contributed by atoms with Crippen LogP contribution in [0.4, 0.5) is 5.69 Å². The van der Waals surface area contributed by atoms with Gasteiger partial charge in [-0.3, -0.25) is 9.78 Å². The standard InChI is InChI=1S/C19H16N2O4/c1-24-19(23)15-6-2-3-7-17(15)21-18(22)12-25-14-8-9-16-13(11-14)5-4-10-20-16/h2-11H,12H2,1H3,(H,21,22). The molecule has 0 saturated heterocycles. The maximum absolute atomic E-state index is 12.1. The second-order valence-corrected chi connectivity index (χ2v) is 5.23. The molecule has 0 aliphatic heterocycles. The van der Waals surface area contributed by atoms with E-state index in [4.69, 9.17) is 9.47 Å². The van der Waals surface area contributed by atoms with Gasteiger partial charge in [-0.05, 0) is 36.4 Å². The van der Waals surface area contributed by atoms with Gasteiger partial charge >= 0.3 is 5.97 Å². The summed E-state index contributed by atoms with van der Waals surface area (Å²) in [5.74, 6) is -0.321. The molecule has 3 aromatic rings. The zero-order valence-electron chi connectivity index (χ0n) is 13.6. The van der Waals surface area contributed by atoms with Crippen molar-refractivity contribution in [3.05, 3.63) is 66.4 Å². The first-order valence-corrected chi connectivity index (χ1v) is 7.62. The van der Waals surface area contributed by atoms with Crippen LogP contribution in [0.1, 0.15) is 10.4 Å². The molecule has 3 rings (SSSR count). The van der Waals surface area contributed by atoms with Gasteiger partial charge in [-0.2, -0.15) is 0 Å². The number of aromatic nitrogens is 1. The van der Waals surface area contributed by atoms with E-state index in [2.05, 4.69) is 10.3 Å². The summed E-state index contributed by atoms with van der Waals surface area (Å²) in [7, 11) is 1.29. The number of hydrogen-bond donors (Lipinski definition) is 1. The lowest BCUT2D eigenvalue weighted by Gasteiger charge is -2.10. The van der Waals surface area contributed by atoms with Crippen molar-refractivity contribution in [2.45, 2.75) is 0 Å². The van der Waals surface area contributed by atoms with E-state index in [9.17, 15) is 9.59 Å². The molecule has 0 aliphatic carbocycles. The van der Waals surface area contributed by atoms with Gasteiger partial charge in [-0.25, -0.2) is 4.79 Å². The number of benzene rings is 2.